The summed E-state index contributed by atoms with van der Waals surface area (Å²) in [5.41, 5.74) is 2.05. The van der Waals surface area contributed by atoms with E-state index >= 15 is 0 Å². The van der Waals surface area contributed by atoms with Gasteiger partial charge in [-0.25, -0.2) is 4.79 Å². The highest BCUT2D eigenvalue weighted by Crippen LogP contribution is 2.28. The van der Waals surface area contributed by atoms with Gasteiger partial charge >= 0.3 is 6.09 Å². The molecule has 1 aliphatic heterocycles. The average molecular weight is 455 g/mol. The van der Waals surface area contributed by atoms with Crippen LogP contribution in [0.5, 0.6) is 0 Å². The molecule has 0 bridgehead atoms. The van der Waals surface area contributed by atoms with Gasteiger partial charge in [0.05, 0.1) is 0 Å². The van der Waals surface area contributed by atoms with Gasteiger partial charge in [0, 0.05) is 33.2 Å². The number of methoxy groups -OCH3 is 2. The summed E-state index contributed by atoms with van der Waals surface area (Å²) in [5.74, 6) is -0.154. The standard InChI is InChI=1S/C26H34N2O5/c1-31-24(32-2)18-22-14-9-15-23(25(29)27-17-16-20-10-5-3-6-11-20)28(22)26(30)33-19-21-12-7-4-8-13-21/h3-8,10-13,22-24H,9,14-19H2,1-2H3,(H,27,29). The highest BCUT2D eigenvalue weighted by molar-refractivity contribution is 5.86. The van der Waals surface area contributed by atoms with Crippen LogP contribution >= 0.6 is 0 Å². The lowest BCUT2D eigenvalue weighted by molar-refractivity contribution is -0.135. The van der Waals surface area contributed by atoms with Crippen LogP contribution in [-0.4, -0.2) is 56.0 Å². The van der Waals surface area contributed by atoms with Crippen molar-refractivity contribution in [2.24, 2.45) is 0 Å². The lowest BCUT2D eigenvalue weighted by atomic mass is 9.93. The van der Waals surface area contributed by atoms with Crippen LogP contribution in [-0.2, 0) is 32.0 Å². The number of hydrogen-bond acceptors (Lipinski definition) is 5. The molecular weight excluding hydrogens is 420 g/mol. The Morgan fingerprint density at radius 3 is 2.24 bits per heavy atom. The monoisotopic (exact) mass is 454 g/mol. The molecule has 178 valence electrons. The molecule has 1 fully saturated rings. The van der Waals surface area contributed by atoms with Crippen molar-refractivity contribution < 1.29 is 23.8 Å². The average Bonchev–Trinajstić information content (AvgIpc) is 2.86. The predicted molar refractivity (Wildman–Crippen MR) is 125 cm³/mol. The van der Waals surface area contributed by atoms with E-state index in [1.807, 2.05) is 60.7 Å². The zero-order chi connectivity index (χ0) is 23.5. The summed E-state index contributed by atoms with van der Waals surface area (Å²) < 4.78 is 16.4. The third-order valence-corrected chi connectivity index (χ3v) is 6.01. The zero-order valence-electron chi connectivity index (χ0n) is 19.4. The molecule has 7 nitrogen and oxygen atoms in total. The lowest BCUT2D eigenvalue weighted by Gasteiger charge is -2.41. The van der Waals surface area contributed by atoms with Gasteiger partial charge in [0.15, 0.2) is 6.29 Å². The molecule has 1 aliphatic rings. The van der Waals surface area contributed by atoms with E-state index in [4.69, 9.17) is 14.2 Å². The number of rotatable bonds is 10. The molecule has 0 saturated carbocycles. The quantitative estimate of drug-likeness (QED) is 0.551. The summed E-state index contributed by atoms with van der Waals surface area (Å²) in [5, 5.41) is 3.01. The maximum atomic E-state index is 13.2. The Bertz CT molecular complexity index is 858. The van der Waals surface area contributed by atoms with E-state index in [0.717, 1.165) is 30.4 Å². The van der Waals surface area contributed by atoms with Crippen LogP contribution in [0.15, 0.2) is 60.7 Å². The minimum atomic E-state index is -0.586. The molecule has 2 aromatic rings. The van der Waals surface area contributed by atoms with E-state index in [1.165, 1.54) is 0 Å². The molecule has 0 spiro atoms. The Morgan fingerprint density at radius 2 is 1.61 bits per heavy atom. The first-order valence-corrected chi connectivity index (χ1v) is 11.5. The number of piperidine rings is 1. The molecule has 2 amide bonds. The molecule has 2 aromatic carbocycles. The highest BCUT2D eigenvalue weighted by atomic mass is 16.7. The molecule has 0 aromatic heterocycles. The van der Waals surface area contributed by atoms with Gasteiger partial charge in [-0.1, -0.05) is 60.7 Å². The number of carbonyl (C=O) groups excluding carboxylic acids is 2. The van der Waals surface area contributed by atoms with Crippen LogP contribution in [0.3, 0.4) is 0 Å². The van der Waals surface area contributed by atoms with Gasteiger partial charge in [-0.3, -0.25) is 9.69 Å². The minimum Gasteiger partial charge on any atom is -0.445 e. The number of nitrogens with zero attached hydrogens (tertiary/aromatic N) is 1. The van der Waals surface area contributed by atoms with Gasteiger partial charge in [-0.05, 0) is 36.8 Å². The Labute approximate surface area is 196 Å². The number of amides is 2. The number of nitrogens with one attached hydrogen (secondary N) is 1. The van der Waals surface area contributed by atoms with E-state index < -0.39 is 18.4 Å². The van der Waals surface area contributed by atoms with Crippen molar-refractivity contribution in [2.45, 2.75) is 57.1 Å². The summed E-state index contributed by atoms with van der Waals surface area (Å²) >= 11 is 0. The molecule has 0 aliphatic carbocycles. The SMILES string of the molecule is COC(CC1CCCC(C(=O)NCCc2ccccc2)N1C(=O)OCc1ccccc1)OC. The molecule has 0 radical (unpaired) electrons. The van der Waals surface area contributed by atoms with Crippen molar-refractivity contribution in [1.82, 2.24) is 10.2 Å². The van der Waals surface area contributed by atoms with Gasteiger partial charge in [-0.15, -0.1) is 0 Å². The van der Waals surface area contributed by atoms with Gasteiger partial charge in [0.2, 0.25) is 5.91 Å². The Kier molecular flexibility index (Phi) is 9.72. The summed E-state index contributed by atoms with van der Waals surface area (Å²) in [6.45, 7) is 0.666. The molecule has 2 atom stereocenters. The second-order valence-corrected chi connectivity index (χ2v) is 8.21. The topological polar surface area (TPSA) is 77.1 Å². The van der Waals surface area contributed by atoms with Gasteiger partial charge in [-0.2, -0.15) is 0 Å². The van der Waals surface area contributed by atoms with Crippen molar-refractivity contribution in [3.05, 3.63) is 71.8 Å². The fourth-order valence-corrected chi connectivity index (χ4v) is 4.24. The number of carbonyl (C=O) groups is 2. The normalized spacial score (nSPS) is 18.2. The lowest BCUT2D eigenvalue weighted by Crippen LogP contribution is -2.57. The van der Waals surface area contributed by atoms with Crippen molar-refractivity contribution in [3.8, 4) is 0 Å². The van der Waals surface area contributed by atoms with Crippen LogP contribution in [0.4, 0.5) is 4.79 Å². The summed E-state index contributed by atoms with van der Waals surface area (Å²) in [7, 11) is 3.14. The second kappa shape index (κ2) is 13.0. The molecule has 3 rings (SSSR count). The van der Waals surface area contributed by atoms with Crippen LogP contribution in [0, 0.1) is 0 Å². The largest absolute Gasteiger partial charge is 0.445 e. The number of likely N-dealkylation sites (tertiary alicyclic amines) is 1. The first-order chi connectivity index (χ1) is 16.1. The molecule has 1 heterocycles. The molecule has 1 saturated heterocycles. The molecular formula is C26H34N2O5. The van der Waals surface area contributed by atoms with Crippen LogP contribution < -0.4 is 5.32 Å². The van der Waals surface area contributed by atoms with Crippen molar-refractivity contribution in [3.63, 3.8) is 0 Å². The third-order valence-electron chi connectivity index (χ3n) is 6.01. The smallest absolute Gasteiger partial charge is 0.411 e. The fraction of sp³-hybridized carbons (Fsp3) is 0.462. The van der Waals surface area contributed by atoms with Crippen LogP contribution in [0.25, 0.3) is 0 Å². The maximum Gasteiger partial charge on any atom is 0.411 e. The summed E-state index contributed by atoms with van der Waals surface area (Å²) in [6.07, 6.45) is 2.45. The molecule has 7 heteroatoms. The molecule has 33 heavy (non-hydrogen) atoms. The summed E-state index contributed by atoms with van der Waals surface area (Å²) in [6, 6.07) is 18.7. The summed E-state index contributed by atoms with van der Waals surface area (Å²) in [4.78, 5) is 27.9. The van der Waals surface area contributed by atoms with Crippen LogP contribution in [0.2, 0.25) is 0 Å². The fourth-order valence-electron chi connectivity index (χ4n) is 4.24. The highest BCUT2D eigenvalue weighted by Gasteiger charge is 2.40. The maximum absolute atomic E-state index is 13.2. The molecule has 2 unspecified atom stereocenters. The van der Waals surface area contributed by atoms with E-state index in [0.29, 0.717) is 19.4 Å². The van der Waals surface area contributed by atoms with Gasteiger partial charge in [0.1, 0.15) is 12.6 Å². The number of hydrogen-bond donors (Lipinski definition) is 1. The third kappa shape index (κ3) is 7.30. The second-order valence-electron chi connectivity index (χ2n) is 8.21. The van der Waals surface area contributed by atoms with Crippen LogP contribution in [0.1, 0.15) is 36.8 Å². The Hall–Kier alpha value is -2.90. The van der Waals surface area contributed by atoms with Gasteiger partial charge in [0.25, 0.3) is 0 Å². The van der Waals surface area contributed by atoms with Crippen molar-refractivity contribution >= 4 is 12.0 Å². The van der Waals surface area contributed by atoms with E-state index in [9.17, 15) is 9.59 Å². The van der Waals surface area contributed by atoms with Crippen molar-refractivity contribution in [2.75, 3.05) is 20.8 Å². The number of benzene rings is 2. The Balaban J connectivity index is 1.68. The zero-order valence-corrected chi connectivity index (χ0v) is 19.4. The predicted octanol–water partition coefficient (Wildman–Crippen LogP) is 3.91. The first-order valence-electron chi connectivity index (χ1n) is 11.5. The number of ether oxygens (including phenoxy) is 3. The van der Waals surface area contributed by atoms with Gasteiger partial charge < -0.3 is 19.5 Å². The van der Waals surface area contributed by atoms with E-state index in [-0.39, 0.29) is 18.6 Å². The first kappa shape index (κ1) is 24.7. The minimum absolute atomic E-state index is 0.154. The van der Waals surface area contributed by atoms with E-state index in [2.05, 4.69) is 5.32 Å². The Morgan fingerprint density at radius 1 is 0.970 bits per heavy atom. The molecule has 1 N–H and O–H groups in total. The van der Waals surface area contributed by atoms with Crippen molar-refractivity contribution in [1.29, 1.82) is 0 Å². The van der Waals surface area contributed by atoms with E-state index in [1.54, 1.807) is 19.1 Å².